The number of anilines is 2. The third-order valence-electron chi connectivity index (χ3n) is 3.51. The van der Waals surface area contributed by atoms with Crippen LogP contribution in [0.3, 0.4) is 0 Å². The minimum atomic E-state index is -0.404. The molecule has 0 atom stereocenters. The van der Waals surface area contributed by atoms with Gasteiger partial charge in [-0.3, -0.25) is 4.98 Å². The molecular weight excluding hydrogens is 361 g/mol. The normalized spacial score (nSPS) is 11.0. The summed E-state index contributed by atoms with van der Waals surface area (Å²) in [6.45, 7) is 1.86. The van der Waals surface area contributed by atoms with Crippen molar-refractivity contribution in [3.8, 4) is 10.6 Å². The molecule has 0 bridgehead atoms. The van der Waals surface area contributed by atoms with Crippen LogP contribution in [0.4, 0.5) is 16.0 Å². The molecule has 0 saturated heterocycles. The van der Waals surface area contributed by atoms with Gasteiger partial charge in [-0.25, -0.2) is 19.3 Å². The number of rotatable bonds is 3. The van der Waals surface area contributed by atoms with E-state index in [1.807, 2.05) is 6.92 Å². The molecular formula is C17H11ClFN5S. The number of aromatic nitrogens is 4. The molecule has 0 amide bonds. The van der Waals surface area contributed by atoms with E-state index in [0.717, 1.165) is 10.4 Å². The van der Waals surface area contributed by atoms with Gasteiger partial charge in [0.05, 0.1) is 38.9 Å². The quantitative estimate of drug-likeness (QED) is 0.549. The largest absolute Gasteiger partial charge is 0.322 e. The zero-order valence-corrected chi connectivity index (χ0v) is 14.6. The summed E-state index contributed by atoms with van der Waals surface area (Å²) in [6, 6.07) is 6.35. The maximum absolute atomic E-state index is 14.2. The predicted molar refractivity (Wildman–Crippen MR) is 97.9 cm³/mol. The van der Waals surface area contributed by atoms with E-state index in [1.165, 1.54) is 17.4 Å². The van der Waals surface area contributed by atoms with Crippen LogP contribution < -0.4 is 5.32 Å². The first-order chi connectivity index (χ1) is 12.1. The highest BCUT2D eigenvalue weighted by atomic mass is 35.5. The van der Waals surface area contributed by atoms with Gasteiger partial charge in [0, 0.05) is 6.20 Å². The van der Waals surface area contributed by atoms with Gasteiger partial charge in [0.2, 0.25) is 0 Å². The van der Waals surface area contributed by atoms with Gasteiger partial charge >= 0.3 is 0 Å². The average Bonchev–Trinajstić information content (AvgIpc) is 3.01. The van der Waals surface area contributed by atoms with Crippen molar-refractivity contribution in [2.75, 3.05) is 5.32 Å². The van der Waals surface area contributed by atoms with Crippen LogP contribution in [0.25, 0.3) is 20.8 Å². The average molecular weight is 372 g/mol. The summed E-state index contributed by atoms with van der Waals surface area (Å²) in [5, 5.41) is 3.96. The van der Waals surface area contributed by atoms with Crippen LogP contribution in [-0.4, -0.2) is 19.9 Å². The summed E-state index contributed by atoms with van der Waals surface area (Å²) in [6.07, 6.45) is 4.93. The van der Waals surface area contributed by atoms with Gasteiger partial charge in [0.15, 0.2) is 5.82 Å². The van der Waals surface area contributed by atoms with Crippen molar-refractivity contribution >= 4 is 44.8 Å². The van der Waals surface area contributed by atoms with Crippen LogP contribution in [0.2, 0.25) is 5.02 Å². The molecule has 0 saturated carbocycles. The number of benzene rings is 1. The SMILES string of the molecule is Cc1cnc(Nc2nccc3nc(-c4c(F)cccc4Cl)sc23)cn1. The minimum Gasteiger partial charge on any atom is -0.322 e. The van der Waals surface area contributed by atoms with E-state index >= 15 is 0 Å². The number of aryl methyl sites for hydroxylation is 1. The first kappa shape index (κ1) is 15.9. The first-order valence-corrected chi connectivity index (χ1v) is 8.57. The third kappa shape index (κ3) is 3.04. The van der Waals surface area contributed by atoms with E-state index in [9.17, 15) is 4.39 Å². The van der Waals surface area contributed by atoms with E-state index in [4.69, 9.17) is 11.6 Å². The van der Waals surface area contributed by atoms with Crippen LogP contribution in [0.5, 0.6) is 0 Å². The van der Waals surface area contributed by atoms with Crippen LogP contribution in [-0.2, 0) is 0 Å². The Balaban J connectivity index is 1.80. The van der Waals surface area contributed by atoms with Crippen LogP contribution in [0.15, 0.2) is 42.9 Å². The highest BCUT2D eigenvalue weighted by Gasteiger charge is 2.16. The third-order valence-corrected chi connectivity index (χ3v) is 4.92. The van der Waals surface area contributed by atoms with Gasteiger partial charge in [-0.15, -0.1) is 11.3 Å². The smallest absolute Gasteiger partial charge is 0.151 e. The zero-order chi connectivity index (χ0) is 17.4. The second kappa shape index (κ2) is 6.34. The molecule has 5 nitrogen and oxygen atoms in total. The molecule has 0 fully saturated rings. The maximum atomic E-state index is 14.2. The zero-order valence-electron chi connectivity index (χ0n) is 13.0. The lowest BCUT2D eigenvalue weighted by Crippen LogP contribution is -1.97. The van der Waals surface area contributed by atoms with Gasteiger partial charge in [0.25, 0.3) is 0 Å². The number of nitrogens with zero attached hydrogens (tertiary/aromatic N) is 4. The second-order valence-electron chi connectivity index (χ2n) is 5.29. The summed E-state index contributed by atoms with van der Waals surface area (Å²) in [5.41, 5.74) is 1.83. The number of fused-ring (bicyclic) bond motifs is 1. The molecule has 0 radical (unpaired) electrons. The lowest BCUT2D eigenvalue weighted by molar-refractivity contribution is 0.631. The fourth-order valence-electron chi connectivity index (χ4n) is 2.33. The fourth-order valence-corrected chi connectivity index (χ4v) is 3.71. The molecule has 1 aromatic carbocycles. The van der Waals surface area contributed by atoms with Crippen LogP contribution in [0, 0.1) is 12.7 Å². The summed E-state index contributed by atoms with van der Waals surface area (Å²) in [7, 11) is 0. The standard InChI is InChI=1S/C17H11ClFN5S/c1-9-7-22-13(8-21-9)24-16-15-12(5-6-20-16)23-17(25-15)14-10(18)3-2-4-11(14)19/h2-8H,1H3,(H,20,22,24). The van der Waals surface area contributed by atoms with Crippen molar-refractivity contribution in [1.82, 2.24) is 19.9 Å². The van der Waals surface area contributed by atoms with Crippen molar-refractivity contribution in [2.45, 2.75) is 6.92 Å². The lowest BCUT2D eigenvalue weighted by atomic mass is 10.2. The van der Waals surface area contributed by atoms with Crippen molar-refractivity contribution in [2.24, 2.45) is 0 Å². The molecule has 3 heterocycles. The number of nitrogens with one attached hydrogen (secondary N) is 1. The fraction of sp³-hybridized carbons (Fsp3) is 0.0588. The molecule has 0 spiro atoms. The Morgan fingerprint density at radius 2 is 2.00 bits per heavy atom. The van der Waals surface area contributed by atoms with E-state index in [1.54, 1.807) is 36.8 Å². The molecule has 8 heteroatoms. The van der Waals surface area contributed by atoms with Crippen molar-refractivity contribution in [1.29, 1.82) is 0 Å². The Morgan fingerprint density at radius 1 is 1.12 bits per heavy atom. The number of pyridine rings is 1. The topological polar surface area (TPSA) is 63.6 Å². The molecule has 0 aliphatic carbocycles. The first-order valence-electron chi connectivity index (χ1n) is 7.37. The lowest BCUT2D eigenvalue weighted by Gasteiger charge is -2.04. The van der Waals surface area contributed by atoms with Crippen molar-refractivity contribution in [3.05, 3.63) is 59.4 Å². The van der Waals surface area contributed by atoms with E-state index in [-0.39, 0.29) is 0 Å². The molecule has 3 aromatic heterocycles. The number of thiazole rings is 1. The van der Waals surface area contributed by atoms with E-state index < -0.39 is 5.82 Å². The Morgan fingerprint density at radius 3 is 2.76 bits per heavy atom. The van der Waals surface area contributed by atoms with Crippen LogP contribution in [0.1, 0.15) is 5.69 Å². The van der Waals surface area contributed by atoms with Gasteiger partial charge < -0.3 is 5.32 Å². The highest BCUT2D eigenvalue weighted by Crippen LogP contribution is 2.38. The van der Waals surface area contributed by atoms with Gasteiger partial charge in [0.1, 0.15) is 16.6 Å². The van der Waals surface area contributed by atoms with Gasteiger partial charge in [-0.2, -0.15) is 0 Å². The summed E-state index contributed by atoms with van der Waals surface area (Å²) >= 11 is 7.47. The highest BCUT2D eigenvalue weighted by molar-refractivity contribution is 7.22. The van der Waals surface area contributed by atoms with Crippen molar-refractivity contribution < 1.29 is 4.39 Å². The van der Waals surface area contributed by atoms with E-state index in [2.05, 4.69) is 25.3 Å². The summed E-state index contributed by atoms with van der Waals surface area (Å²) in [5.74, 6) is 0.759. The Labute approximate surface area is 151 Å². The summed E-state index contributed by atoms with van der Waals surface area (Å²) in [4.78, 5) is 17.3. The molecule has 1 N–H and O–H groups in total. The molecule has 0 aliphatic rings. The van der Waals surface area contributed by atoms with E-state index in [0.29, 0.717) is 32.7 Å². The predicted octanol–water partition coefficient (Wildman–Crippen LogP) is 4.99. The molecule has 0 unspecified atom stereocenters. The van der Waals surface area contributed by atoms with Crippen LogP contribution >= 0.6 is 22.9 Å². The minimum absolute atomic E-state index is 0.298. The monoisotopic (exact) mass is 371 g/mol. The Kier molecular flexibility index (Phi) is 4.03. The Hall–Kier alpha value is -2.64. The molecule has 0 aliphatic heterocycles. The number of hydrogen-bond donors (Lipinski definition) is 1. The summed E-state index contributed by atoms with van der Waals surface area (Å²) < 4.78 is 15.0. The van der Waals surface area contributed by atoms with Crippen molar-refractivity contribution in [3.63, 3.8) is 0 Å². The molecule has 4 rings (SSSR count). The molecule has 124 valence electrons. The van der Waals surface area contributed by atoms with Gasteiger partial charge in [-0.1, -0.05) is 17.7 Å². The second-order valence-corrected chi connectivity index (χ2v) is 6.70. The maximum Gasteiger partial charge on any atom is 0.151 e. The molecule has 25 heavy (non-hydrogen) atoms. The number of halogens is 2. The Bertz CT molecular complexity index is 1040. The number of hydrogen-bond acceptors (Lipinski definition) is 6. The van der Waals surface area contributed by atoms with Gasteiger partial charge in [-0.05, 0) is 25.1 Å². The molecule has 4 aromatic rings.